The molecule has 5 aromatic rings. The molecule has 0 aliphatic rings. The maximum atomic E-state index is 10.3. The first-order chi connectivity index (χ1) is 16.0. The topological polar surface area (TPSA) is 40.9 Å². The minimum Gasteiger partial charge on any atom is -0.664 e. The summed E-state index contributed by atoms with van der Waals surface area (Å²) in [6.45, 7) is 2.19. The van der Waals surface area contributed by atoms with Crippen LogP contribution in [0.1, 0.15) is 10.4 Å². The van der Waals surface area contributed by atoms with Crippen LogP contribution in [0.3, 0.4) is 0 Å². The molecule has 1 N–H and O–H groups in total. The fourth-order valence-electron chi connectivity index (χ4n) is 3.29. The number of hydrogen-bond donors (Lipinski definition) is 0. The Labute approximate surface area is 208 Å². The number of amides is 1. The molecule has 5 rings (SSSR count). The normalized spacial score (nSPS) is 9.91. The number of carbonyl (C=O) groups is 1. The Hall–Kier alpha value is -2.27. The zero-order valence-corrected chi connectivity index (χ0v) is 22.2. The Morgan fingerprint density at radius 2 is 1.15 bits per heavy atom. The average molecular weight is 524 g/mol. The molecule has 0 saturated carbocycles. The summed E-state index contributed by atoms with van der Waals surface area (Å²) in [5.74, 6) is -0.629. The van der Waals surface area contributed by atoms with Crippen molar-refractivity contribution in [3.05, 3.63) is 127 Å². The van der Waals surface area contributed by atoms with Gasteiger partial charge in [0.2, 0.25) is 0 Å². The maximum Gasteiger partial charge on any atom is 0.0796 e. The van der Waals surface area contributed by atoms with Crippen molar-refractivity contribution in [3.63, 3.8) is 0 Å². The van der Waals surface area contributed by atoms with E-state index in [1.54, 1.807) is 24.3 Å². The van der Waals surface area contributed by atoms with Crippen molar-refractivity contribution in [2.75, 3.05) is 0 Å². The quantitative estimate of drug-likeness (QED) is 0.170. The second kappa shape index (κ2) is 12.8. The van der Waals surface area contributed by atoms with E-state index in [0.29, 0.717) is 5.56 Å². The first-order valence-electron chi connectivity index (χ1n) is 10.4. The Bertz CT molecular complexity index is 1310. The van der Waals surface area contributed by atoms with Gasteiger partial charge in [0.15, 0.2) is 0 Å². The van der Waals surface area contributed by atoms with Crippen LogP contribution in [-0.2, 0) is 14.5 Å². The second-order valence-electron chi connectivity index (χ2n) is 7.27. The molecule has 0 radical (unpaired) electrons. The average Bonchev–Trinajstić information content (AvgIpc) is 3.24. The van der Waals surface area contributed by atoms with Crippen molar-refractivity contribution in [1.29, 1.82) is 0 Å². The SMILES string of the molecule is C[Si](c1ccccc1)=[Ti]([Cl])[Cl].[NH-]C(=O)c1ccccc1.c1ccc2c(c1)[cH-]c1ccccc12. The van der Waals surface area contributed by atoms with E-state index < -0.39 is 26.6 Å². The van der Waals surface area contributed by atoms with Gasteiger partial charge in [-0.05, 0) is 5.56 Å². The van der Waals surface area contributed by atoms with Crippen molar-refractivity contribution in [3.8, 4) is 0 Å². The minimum atomic E-state index is -1.69. The predicted octanol–water partition coefficient (Wildman–Crippen LogP) is 8.03. The van der Waals surface area contributed by atoms with Gasteiger partial charge in [-0.25, -0.2) is 0 Å². The first kappa shape index (κ1) is 25.4. The zero-order chi connectivity index (χ0) is 23.6. The molecule has 0 bridgehead atoms. The molecule has 0 aromatic heterocycles. The molecular weight excluding hydrogens is 501 g/mol. The fourth-order valence-corrected chi connectivity index (χ4v) is 8.70. The van der Waals surface area contributed by atoms with Crippen molar-refractivity contribution < 1.29 is 19.3 Å². The fraction of sp³-hybridized carbons (Fsp3) is 0.0370. The van der Waals surface area contributed by atoms with Crippen LogP contribution in [0.25, 0.3) is 27.3 Å². The van der Waals surface area contributed by atoms with E-state index in [1.807, 2.05) is 24.3 Å². The Kier molecular flexibility index (Phi) is 9.86. The predicted molar refractivity (Wildman–Crippen MR) is 142 cm³/mol. The molecule has 0 atom stereocenters. The van der Waals surface area contributed by atoms with E-state index in [-0.39, 0.29) is 0 Å². The van der Waals surface area contributed by atoms with Gasteiger partial charge < -0.3 is 10.5 Å². The van der Waals surface area contributed by atoms with Gasteiger partial charge in [-0.2, -0.15) is 0 Å². The third-order valence-electron chi connectivity index (χ3n) is 5.05. The van der Waals surface area contributed by atoms with Gasteiger partial charge in [-0.3, -0.25) is 0 Å². The monoisotopic (exact) mass is 523 g/mol. The van der Waals surface area contributed by atoms with E-state index >= 15 is 0 Å². The van der Waals surface area contributed by atoms with Gasteiger partial charge in [-0.1, -0.05) is 66.7 Å². The van der Waals surface area contributed by atoms with Crippen LogP contribution in [0.4, 0.5) is 0 Å². The second-order valence-corrected chi connectivity index (χ2v) is 22.0. The van der Waals surface area contributed by atoms with Crippen molar-refractivity contribution in [2.45, 2.75) is 6.55 Å². The Balaban J connectivity index is 0.000000142. The van der Waals surface area contributed by atoms with Crippen LogP contribution in [-0.4, -0.2) is 12.1 Å². The third kappa shape index (κ3) is 7.36. The molecule has 5 aromatic carbocycles. The summed E-state index contributed by atoms with van der Waals surface area (Å²) in [5.41, 5.74) is 7.12. The molecule has 0 unspecified atom stereocenters. The molecule has 166 valence electrons. The zero-order valence-electron chi connectivity index (χ0n) is 18.1. The van der Waals surface area contributed by atoms with Gasteiger partial charge in [0, 0.05) is 0 Å². The number of nitrogens with one attached hydrogen (secondary N) is 1. The van der Waals surface area contributed by atoms with Gasteiger partial charge >= 0.3 is 81.3 Å². The number of benzene rings is 4. The van der Waals surface area contributed by atoms with Gasteiger partial charge in [0.1, 0.15) is 0 Å². The standard InChI is InChI=1S/C13H9.C7H7NO.C7H8Si.2ClH.Ti/c1-3-7-12-10(5-1)9-11-6-2-4-8-13(11)12;8-7(9)6-4-2-1-3-5-6;1-8-7-5-3-2-4-6-7;;;/h1-9H;1-5H,(H2,8,9);2-6H,1H3;2*1H;/q-1;;;;;+2/p-3. The molecule has 0 heterocycles. The van der Waals surface area contributed by atoms with E-state index in [0.717, 1.165) is 0 Å². The molecule has 0 aliphatic heterocycles. The smallest absolute Gasteiger partial charge is 0.0796 e. The van der Waals surface area contributed by atoms with E-state index in [2.05, 4.69) is 73.3 Å². The molecule has 2 nitrogen and oxygen atoms in total. The number of rotatable bonds is 2. The van der Waals surface area contributed by atoms with Gasteiger partial charge in [0.05, 0.1) is 5.91 Å². The third-order valence-corrected chi connectivity index (χ3v) is 17.8. The Morgan fingerprint density at radius 3 is 1.58 bits per heavy atom. The van der Waals surface area contributed by atoms with Crippen LogP contribution < -0.4 is 5.19 Å². The van der Waals surface area contributed by atoms with Crippen molar-refractivity contribution >= 4 is 57.4 Å². The summed E-state index contributed by atoms with van der Waals surface area (Å²) in [5, 5.41) is 6.75. The van der Waals surface area contributed by atoms with Crippen molar-refractivity contribution in [2.24, 2.45) is 0 Å². The molecular formula is C27H23Cl2NOSiTi-2. The summed E-state index contributed by atoms with van der Waals surface area (Å²) in [6.07, 6.45) is -0.587. The summed E-state index contributed by atoms with van der Waals surface area (Å²) >= 11 is -1.69. The number of fused-ring (bicyclic) bond motifs is 3. The number of halogens is 2. The van der Waals surface area contributed by atoms with Crippen LogP contribution in [0.5, 0.6) is 0 Å². The van der Waals surface area contributed by atoms with Crippen LogP contribution >= 0.6 is 18.6 Å². The molecule has 0 fully saturated rings. The molecule has 0 saturated heterocycles. The van der Waals surface area contributed by atoms with Crippen LogP contribution in [0, 0.1) is 0 Å². The van der Waals surface area contributed by atoms with Crippen LogP contribution in [0.15, 0.2) is 115 Å². The molecule has 0 aliphatic carbocycles. The maximum absolute atomic E-state index is 10.3. The van der Waals surface area contributed by atoms with E-state index in [4.69, 9.17) is 24.3 Å². The Morgan fingerprint density at radius 1 is 0.727 bits per heavy atom. The summed E-state index contributed by atoms with van der Waals surface area (Å²) in [6, 6.07) is 38.1. The molecule has 33 heavy (non-hydrogen) atoms. The number of carbonyl (C=O) groups excluding carboxylic acids is 1. The number of hydrogen-bond acceptors (Lipinski definition) is 1. The first-order valence-corrected chi connectivity index (χ1v) is 19.0. The minimum absolute atomic E-state index is 0.442. The van der Waals surface area contributed by atoms with Gasteiger partial charge in [0.25, 0.3) is 0 Å². The summed E-state index contributed by atoms with van der Waals surface area (Å²) in [7, 11) is 11.9. The van der Waals surface area contributed by atoms with E-state index in [9.17, 15) is 4.79 Å². The molecule has 6 heteroatoms. The summed E-state index contributed by atoms with van der Waals surface area (Å²) in [4.78, 5) is 10.3. The van der Waals surface area contributed by atoms with Crippen LogP contribution in [0.2, 0.25) is 6.55 Å². The molecule has 0 spiro atoms. The van der Waals surface area contributed by atoms with Crippen molar-refractivity contribution in [1.82, 2.24) is 0 Å². The molecule has 1 amide bonds. The summed E-state index contributed by atoms with van der Waals surface area (Å²) < 4.78 is 0. The van der Waals surface area contributed by atoms with E-state index in [1.165, 1.54) is 26.7 Å². The van der Waals surface area contributed by atoms with Gasteiger partial charge in [-0.15, -0.1) is 39.7 Å². The largest absolute Gasteiger partial charge is 0.664 e.